The monoisotopic (exact) mass is 331 g/mol. The van der Waals surface area contributed by atoms with E-state index in [-0.39, 0.29) is 9.79 Å². The van der Waals surface area contributed by atoms with Gasteiger partial charge in [-0.2, -0.15) is 0 Å². The fourth-order valence-electron chi connectivity index (χ4n) is 2.53. The molecule has 0 saturated carbocycles. The van der Waals surface area contributed by atoms with E-state index in [9.17, 15) is 16.8 Å². The van der Waals surface area contributed by atoms with Crippen LogP contribution in [0.1, 0.15) is 19.8 Å². The van der Waals surface area contributed by atoms with Crippen LogP contribution >= 0.6 is 0 Å². The van der Waals surface area contributed by atoms with Crippen LogP contribution in [0.5, 0.6) is 0 Å². The van der Waals surface area contributed by atoms with Crippen LogP contribution in [0, 0.1) is 5.92 Å². The van der Waals surface area contributed by atoms with Gasteiger partial charge in [0.15, 0.2) is 19.7 Å². The summed E-state index contributed by atoms with van der Waals surface area (Å²) in [5.41, 5.74) is 0.608. The Labute approximate surface area is 126 Å². The van der Waals surface area contributed by atoms with Crippen LogP contribution in [0.4, 0.5) is 5.69 Å². The average molecular weight is 331 g/mol. The van der Waals surface area contributed by atoms with Gasteiger partial charge in [0.05, 0.1) is 15.5 Å². The highest BCUT2D eigenvalue weighted by Crippen LogP contribution is 2.31. The molecular formula is C14H21NO4S2. The quantitative estimate of drug-likeness (QED) is 0.843. The van der Waals surface area contributed by atoms with Crippen molar-refractivity contribution in [3.63, 3.8) is 0 Å². The van der Waals surface area contributed by atoms with Gasteiger partial charge in [0.25, 0.3) is 0 Å². The van der Waals surface area contributed by atoms with E-state index in [0.717, 1.165) is 38.4 Å². The highest BCUT2D eigenvalue weighted by Gasteiger charge is 2.23. The molecule has 0 aromatic heterocycles. The van der Waals surface area contributed by atoms with Crippen molar-refractivity contribution in [3.8, 4) is 0 Å². The summed E-state index contributed by atoms with van der Waals surface area (Å²) < 4.78 is 47.3. The molecule has 1 aromatic carbocycles. The van der Waals surface area contributed by atoms with Crippen LogP contribution in [0.3, 0.4) is 0 Å². The lowest BCUT2D eigenvalue weighted by atomic mass is 9.99. The van der Waals surface area contributed by atoms with Crippen molar-refractivity contribution in [2.75, 3.05) is 30.5 Å². The topological polar surface area (TPSA) is 71.5 Å². The largest absolute Gasteiger partial charge is 0.370 e. The fourth-order valence-corrected chi connectivity index (χ4v) is 4.17. The first-order valence-corrected chi connectivity index (χ1v) is 10.7. The number of sulfone groups is 2. The molecule has 0 bridgehead atoms. The molecule has 0 spiro atoms. The van der Waals surface area contributed by atoms with Crippen molar-refractivity contribution in [2.24, 2.45) is 5.92 Å². The first kappa shape index (κ1) is 16.3. The third kappa shape index (κ3) is 3.77. The number of hydrogen-bond acceptors (Lipinski definition) is 5. The number of benzene rings is 1. The lowest BCUT2D eigenvalue weighted by Crippen LogP contribution is -2.33. The summed E-state index contributed by atoms with van der Waals surface area (Å²) in [7, 11) is -6.91. The summed E-state index contributed by atoms with van der Waals surface area (Å²) in [4.78, 5) is 2.17. The summed E-state index contributed by atoms with van der Waals surface area (Å²) in [5.74, 6) is 0.637. The molecule has 0 radical (unpaired) electrons. The van der Waals surface area contributed by atoms with Gasteiger partial charge in [-0.05, 0) is 37.0 Å². The minimum absolute atomic E-state index is 0.0389. The van der Waals surface area contributed by atoms with Crippen molar-refractivity contribution in [2.45, 2.75) is 29.6 Å². The minimum Gasteiger partial charge on any atom is -0.370 e. The zero-order chi connectivity index (χ0) is 15.8. The standard InChI is InChI=1S/C14H21NO4S2/c1-11-6-8-15(9-7-11)13-5-4-12(20(2,16)17)10-14(13)21(3,18)19/h4-5,10-11H,6-9H2,1-3H3. The van der Waals surface area contributed by atoms with Gasteiger partial charge in [0, 0.05) is 25.6 Å². The molecule has 118 valence electrons. The number of hydrogen-bond donors (Lipinski definition) is 0. The molecule has 1 aliphatic heterocycles. The lowest BCUT2D eigenvalue weighted by molar-refractivity contribution is 0.437. The van der Waals surface area contributed by atoms with Crippen LogP contribution in [-0.2, 0) is 19.7 Å². The maximum Gasteiger partial charge on any atom is 0.177 e. The highest BCUT2D eigenvalue weighted by molar-refractivity contribution is 7.91. The molecule has 21 heavy (non-hydrogen) atoms. The Kier molecular flexibility index (Phi) is 4.35. The zero-order valence-electron chi connectivity index (χ0n) is 12.5. The van der Waals surface area contributed by atoms with E-state index in [2.05, 4.69) is 6.92 Å². The van der Waals surface area contributed by atoms with E-state index >= 15 is 0 Å². The number of anilines is 1. The van der Waals surface area contributed by atoms with Gasteiger partial charge in [-0.15, -0.1) is 0 Å². The van der Waals surface area contributed by atoms with Crippen molar-refractivity contribution in [3.05, 3.63) is 18.2 Å². The summed E-state index contributed by atoms with van der Waals surface area (Å²) in [6.07, 6.45) is 4.22. The second-order valence-corrected chi connectivity index (χ2v) is 9.84. The predicted molar refractivity (Wildman–Crippen MR) is 83.3 cm³/mol. The molecule has 0 unspecified atom stereocenters. The minimum atomic E-state index is -3.49. The maximum absolute atomic E-state index is 12.0. The van der Waals surface area contributed by atoms with Gasteiger partial charge < -0.3 is 4.90 Å². The summed E-state index contributed by atoms with van der Waals surface area (Å²) in [6, 6.07) is 4.37. The van der Waals surface area contributed by atoms with Gasteiger partial charge in [-0.25, -0.2) is 16.8 Å². The first-order valence-electron chi connectivity index (χ1n) is 6.88. The number of piperidine rings is 1. The second kappa shape index (κ2) is 5.61. The Morgan fingerprint density at radius 2 is 1.57 bits per heavy atom. The van der Waals surface area contributed by atoms with E-state index in [1.54, 1.807) is 6.07 Å². The van der Waals surface area contributed by atoms with Crippen molar-refractivity contribution in [1.82, 2.24) is 0 Å². The van der Waals surface area contributed by atoms with E-state index in [0.29, 0.717) is 11.6 Å². The molecule has 0 aliphatic carbocycles. The van der Waals surface area contributed by atoms with Crippen LogP contribution in [0.2, 0.25) is 0 Å². The molecule has 2 rings (SSSR count). The molecule has 0 atom stereocenters. The van der Waals surface area contributed by atoms with Crippen molar-refractivity contribution in [1.29, 1.82) is 0 Å². The molecule has 0 N–H and O–H groups in total. The summed E-state index contributed by atoms with van der Waals surface area (Å²) in [5, 5.41) is 0. The van der Waals surface area contributed by atoms with Crippen LogP contribution in [-0.4, -0.2) is 42.4 Å². The Bertz CT molecular complexity index is 730. The molecule has 1 aliphatic rings. The van der Waals surface area contributed by atoms with Gasteiger partial charge in [0.1, 0.15) is 0 Å². The average Bonchev–Trinajstić information content (AvgIpc) is 2.37. The Morgan fingerprint density at radius 3 is 2.05 bits per heavy atom. The van der Waals surface area contributed by atoms with Crippen molar-refractivity contribution >= 4 is 25.4 Å². The van der Waals surface area contributed by atoms with Crippen LogP contribution in [0.25, 0.3) is 0 Å². The third-order valence-electron chi connectivity index (χ3n) is 3.88. The van der Waals surface area contributed by atoms with E-state index in [1.807, 2.05) is 4.90 Å². The Balaban J connectivity index is 2.51. The Morgan fingerprint density at radius 1 is 1.00 bits per heavy atom. The summed E-state index contributed by atoms with van der Waals surface area (Å²) >= 11 is 0. The highest BCUT2D eigenvalue weighted by atomic mass is 32.2. The van der Waals surface area contributed by atoms with Gasteiger partial charge in [-0.1, -0.05) is 6.92 Å². The molecule has 1 fully saturated rings. The van der Waals surface area contributed by atoms with E-state index in [1.165, 1.54) is 12.1 Å². The van der Waals surface area contributed by atoms with Gasteiger partial charge in [-0.3, -0.25) is 0 Å². The fraction of sp³-hybridized carbons (Fsp3) is 0.571. The normalized spacial score (nSPS) is 18.0. The summed E-state index contributed by atoms with van der Waals surface area (Å²) in [6.45, 7) is 3.77. The Hall–Kier alpha value is -1.08. The zero-order valence-corrected chi connectivity index (χ0v) is 14.2. The maximum atomic E-state index is 12.0. The molecule has 0 amide bonds. The van der Waals surface area contributed by atoms with Gasteiger partial charge >= 0.3 is 0 Å². The lowest BCUT2D eigenvalue weighted by Gasteiger charge is -2.33. The molecule has 7 heteroatoms. The SMILES string of the molecule is CC1CCN(c2ccc(S(C)(=O)=O)cc2S(C)(=O)=O)CC1. The van der Waals surface area contributed by atoms with Crippen molar-refractivity contribution < 1.29 is 16.8 Å². The third-order valence-corrected chi connectivity index (χ3v) is 6.12. The van der Waals surface area contributed by atoms with Crippen LogP contribution < -0.4 is 4.90 Å². The molecule has 1 aromatic rings. The predicted octanol–water partition coefficient (Wildman–Crippen LogP) is 1.73. The molecule has 5 nitrogen and oxygen atoms in total. The first-order chi connectivity index (χ1) is 9.59. The molecule has 1 heterocycles. The molecule has 1 saturated heterocycles. The van der Waals surface area contributed by atoms with E-state index in [4.69, 9.17) is 0 Å². The molecular weight excluding hydrogens is 310 g/mol. The van der Waals surface area contributed by atoms with Crippen LogP contribution in [0.15, 0.2) is 28.0 Å². The van der Waals surface area contributed by atoms with E-state index < -0.39 is 19.7 Å². The smallest absolute Gasteiger partial charge is 0.177 e. The van der Waals surface area contributed by atoms with Gasteiger partial charge in [0.2, 0.25) is 0 Å². The number of nitrogens with zero attached hydrogens (tertiary/aromatic N) is 1. The second-order valence-electron chi connectivity index (χ2n) is 5.84. The number of rotatable bonds is 3.